The van der Waals surface area contributed by atoms with Crippen molar-refractivity contribution in [3.05, 3.63) is 35.4 Å². The molecule has 0 atom stereocenters. The van der Waals surface area contributed by atoms with Crippen molar-refractivity contribution in [1.82, 2.24) is 14.8 Å². The maximum absolute atomic E-state index is 6.19. The first-order valence-corrected chi connectivity index (χ1v) is 6.09. The Morgan fingerprint density at radius 2 is 2.12 bits per heavy atom. The van der Waals surface area contributed by atoms with Gasteiger partial charge in [-0.25, -0.2) is 0 Å². The summed E-state index contributed by atoms with van der Waals surface area (Å²) in [6.45, 7) is 5.50. The molecule has 0 unspecified atom stereocenters. The standard InChI is InChI=1S/C13H14ClN3/c1-13(2)5-12-10(6-16-17(12)8-13)9-3-4-15-7-11(9)14/h3-4,6-7H,5,8H2,1-2H3. The van der Waals surface area contributed by atoms with Crippen LogP contribution in [-0.2, 0) is 13.0 Å². The lowest BCUT2D eigenvalue weighted by Gasteiger charge is -2.14. The second-order valence-corrected chi connectivity index (χ2v) is 5.77. The Morgan fingerprint density at radius 3 is 2.88 bits per heavy atom. The Bertz CT molecular complexity index is 572. The molecule has 3 nitrogen and oxygen atoms in total. The SMILES string of the molecule is CC1(C)Cc2c(-c3ccncc3Cl)cnn2C1. The number of hydrogen-bond donors (Lipinski definition) is 0. The third-order valence-corrected chi connectivity index (χ3v) is 3.54. The van der Waals surface area contributed by atoms with Crippen molar-refractivity contribution in [1.29, 1.82) is 0 Å². The van der Waals surface area contributed by atoms with E-state index in [2.05, 4.69) is 28.6 Å². The number of pyridine rings is 1. The van der Waals surface area contributed by atoms with Gasteiger partial charge < -0.3 is 0 Å². The predicted molar refractivity (Wildman–Crippen MR) is 68.0 cm³/mol. The van der Waals surface area contributed by atoms with E-state index in [1.165, 1.54) is 5.69 Å². The topological polar surface area (TPSA) is 30.7 Å². The summed E-state index contributed by atoms with van der Waals surface area (Å²) in [5, 5.41) is 5.14. The van der Waals surface area contributed by atoms with Crippen molar-refractivity contribution in [2.24, 2.45) is 5.41 Å². The quantitative estimate of drug-likeness (QED) is 0.775. The largest absolute Gasteiger partial charge is 0.268 e. The average molecular weight is 248 g/mol. The normalized spacial score (nSPS) is 17.1. The number of halogens is 1. The van der Waals surface area contributed by atoms with Crippen LogP contribution in [0.1, 0.15) is 19.5 Å². The van der Waals surface area contributed by atoms with Gasteiger partial charge >= 0.3 is 0 Å². The van der Waals surface area contributed by atoms with Gasteiger partial charge in [-0.1, -0.05) is 25.4 Å². The minimum atomic E-state index is 0.290. The molecule has 0 amide bonds. The predicted octanol–water partition coefficient (Wildman–Crippen LogP) is 3.18. The monoisotopic (exact) mass is 247 g/mol. The van der Waals surface area contributed by atoms with Crippen LogP contribution in [0.2, 0.25) is 5.02 Å². The molecule has 1 aliphatic rings. The summed E-state index contributed by atoms with van der Waals surface area (Å²) in [7, 11) is 0. The van der Waals surface area contributed by atoms with Gasteiger partial charge in [0.25, 0.3) is 0 Å². The van der Waals surface area contributed by atoms with Crippen LogP contribution < -0.4 is 0 Å². The van der Waals surface area contributed by atoms with Crippen LogP contribution in [0.3, 0.4) is 0 Å². The van der Waals surface area contributed by atoms with E-state index >= 15 is 0 Å². The molecule has 88 valence electrons. The van der Waals surface area contributed by atoms with Gasteiger partial charge in [0.1, 0.15) is 0 Å². The number of rotatable bonds is 1. The van der Waals surface area contributed by atoms with E-state index in [1.807, 2.05) is 12.3 Å². The summed E-state index contributed by atoms with van der Waals surface area (Å²) in [5.41, 5.74) is 3.74. The molecule has 4 heteroatoms. The van der Waals surface area contributed by atoms with Gasteiger partial charge in [0.05, 0.1) is 11.2 Å². The minimum absolute atomic E-state index is 0.290. The van der Waals surface area contributed by atoms with Crippen molar-refractivity contribution in [3.63, 3.8) is 0 Å². The molecule has 1 aliphatic heterocycles. The summed E-state index contributed by atoms with van der Waals surface area (Å²) in [4.78, 5) is 4.02. The van der Waals surface area contributed by atoms with Crippen LogP contribution in [0.15, 0.2) is 24.7 Å². The third-order valence-electron chi connectivity index (χ3n) is 3.24. The van der Waals surface area contributed by atoms with Crippen LogP contribution in [0.5, 0.6) is 0 Å². The minimum Gasteiger partial charge on any atom is -0.268 e. The lowest BCUT2D eigenvalue weighted by Crippen LogP contribution is -2.12. The third kappa shape index (κ3) is 1.75. The van der Waals surface area contributed by atoms with E-state index in [4.69, 9.17) is 11.6 Å². The average Bonchev–Trinajstić information content (AvgIpc) is 2.74. The number of nitrogens with zero attached hydrogens (tertiary/aromatic N) is 3. The van der Waals surface area contributed by atoms with Gasteiger partial charge in [-0.05, 0) is 17.9 Å². The highest BCUT2D eigenvalue weighted by atomic mass is 35.5. The molecule has 0 radical (unpaired) electrons. The first kappa shape index (κ1) is 10.8. The second kappa shape index (κ2) is 3.57. The van der Waals surface area contributed by atoms with Crippen molar-refractivity contribution in [2.75, 3.05) is 0 Å². The van der Waals surface area contributed by atoms with Gasteiger partial charge in [0.15, 0.2) is 0 Å². The van der Waals surface area contributed by atoms with E-state index < -0.39 is 0 Å². The van der Waals surface area contributed by atoms with E-state index in [1.54, 1.807) is 12.4 Å². The molecular formula is C13H14ClN3. The second-order valence-electron chi connectivity index (χ2n) is 5.36. The summed E-state index contributed by atoms with van der Waals surface area (Å²) in [6, 6.07) is 1.95. The molecule has 0 saturated carbocycles. The van der Waals surface area contributed by atoms with Crippen LogP contribution in [0.25, 0.3) is 11.1 Å². The van der Waals surface area contributed by atoms with Gasteiger partial charge in [-0.15, -0.1) is 0 Å². The van der Waals surface area contributed by atoms with E-state index in [0.29, 0.717) is 5.02 Å². The van der Waals surface area contributed by atoms with Gasteiger partial charge in [0.2, 0.25) is 0 Å². The maximum atomic E-state index is 6.19. The Balaban J connectivity index is 2.11. The maximum Gasteiger partial charge on any atom is 0.0668 e. The molecule has 17 heavy (non-hydrogen) atoms. The Kier molecular flexibility index (Phi) is 2.26. The highest BCUT2D eigenvalue weighted by Gasteiger charge is 2.31. The van der Waals surface area contributed by atoms with Gasteiger partial charge in [-0.2, -0.15) is 5.10 Å². The van der Waals surface area contributed by atoms with Crippen LogP contribution in [0.4, 0.5) is 0 Å². The Morgan fingerprint density at radius 1 is 1.29 bits per heavy atom. The fraction of sp³-hybridized carbons (Fsp3) is 0.385. The fourth-order valence-corrected chi connectivity index (χ4v) is 2.69. The molecule has 0 N–H and O–H groups in total. The molecule has 0 aromatic carbocycles. The molecule has 0 saturated heterocycles. The zero-order valence-corrected chi connectivity index (χ0v) is 10.7. The molecular weight excluding hydrogens is 234 g/mol. The molecule has 0 bridgehead atoms. The summed E-state index contributed by atoms with van der Waals surface area (Å²) >= 11 is 6.19. The van der Waals surface area contributed by atoms with Crippen molar-refractivity contribution >= 4 is 11.6 Å². The number of aromatic nitrogens is 3. The first-order chi connectivity index (χ1) is 8.07. The van der Waals surface area contributed by atoms with E-state index in [9.17, 15) is 0 Å². The highest BCUT2D eigenvalue weighted by Crippen LogP contribution is 2.38. The van der Waals surface area contributed by atoms with Crippen molar-refractivity contribution < 1.29 is 0 Å². The van der Waals surface area contributed by atoms with Gasteiger partial charge in [-0.3, -0.25) is 9.67 Å². The lowest BCUT2D eigenvalue weighted by molar-refractivity contribution is 0.347. The summed E-state index contributed by atoms with van der Waals surface area (Å²) in [5.74, 6) is 0. The van der Waals surface area contributed by atoms with E-state index in [0.717, 1.165) is 24.1 Å². The fourth-order valence-electron chi connectivity index (χ4n) is 2.47. The number of hydrogen-bond acceptors (Lipinski definition) is 2. The zero-order valence-electron chi connectivity index (χ0n) is 9.94. The number of fused-ring (bicyclic) bond motifs is 1. The molecule has 0 aliphatic carbocycles. The lowest BCUT2D eigenvalue weighted by atomic mass is 9.90. The molecule has 0 fully saturated rings. The summed E-state index contributed by atoms with van der Waals surface area (Å²) < 4.78 is 2.09. The van der Waals surface area contributed by atoms with Crippen LogP contribution >= 0.6 is 11.6 Å². The van der Waals surface area contributed by atoms with Crippen molar-refractivity contribution in [3.8, 4) is 11.1 Å². The smallest absolute Gasteiger partial charge is 0.0668 e. The zero-order chi connectivity index (χ0) is 12.0. The van der Waals surface area contributed by atoms with E-state index in [-0.39, 0.29) is 5.41 Å². The molecule has 3 rings (SSSR count). The molecule has 2 aromatic heterocycles. The van der Waals surface area contributed by atoms with Crippen LogP contribution in [0, 0.1) is 5.41 Å². The van der Waals surface area contributed by atoms with Gasteiger partial charge in [0, 0.05) is 35.8 Å². The Hall–Kier alpha value is -1.35. The van der Waals surface area contributed by atoms with Crippen molar-refractivity contribution in [2.45, 2.75) is 26.8 Å². The molecule has 3 heterocycles. The first-order valence-electron chi connectivity index (χ1n) is 5.71. The summed E-state index contributed by atoms with van der Waals surface area (Å²) in [6.07, 6.45) is 6.40. The van der Waals surface area contributed by atoms with Crippen LogP contribution in [-0.4, -0.2) is 14.8 Å². The molecule has 0 spiro atoms. The molecule has 2 aromatic rings. The highest BCUT2D eigenvalue weighted by molar-refractivity contribution is 6.33. The Labute approximate surface area is 105 Å².